The molecule has 3 rings (SSSR count). The van der Waals surface area contributed by atoms with Gasteiger partial charge in [-0.05, 0) is 22.5 Å². The second kappa shape index (κ2) is 6.16. The molecular weight excluding hydrogens is 296 g/mol. The Morgan fingerprint density at radius 1 is 0.571 bits per heavy atom. The minimum absolute atomic E-state index is 0.798. The highest BCUT2D eigenvalue weighted by molar-refractivity contribution is 7.31. The lowest BCUT2D eigenvalue weighted by molar-refractivity contribution is 0.584. The molecule has 0 atom stereocenters. The number of benzene rings is 3. The van der Waals surface area contributed by atoms with E-state index < -0.39 is 7.63 Å². The van der Waals surface area contributed by atoms with E-state index in [-0.39, 0.29) is 0 Å². The molecule has 104 valence electrons. The third-order valence-electron chi connectivity index (χ3n) is 3.29. The summed E-state index contributed by atoms with van der Waals surface area (Å²) in [5.74, 6) is 0.798. The van der Waals surface area contributed by atoms with Gasteiger partial charge in [-0.25, -0.2) is 0 Å². The van der Waals surface area contributed by atoms with Gasteiger partial charge >= 0.3 is 7.63 Å². The molecule has 0 radical (unpaired) electrons. The predicted molar refractivity (Wildman–Crippen MR) is 90.8 cm³/mol. The van der Waals surface area contributed by atoms with Crippen LogP contribution in [-0.4, -0.2) is 7.63 Å². The number of para-hydroxylation sites is 1. The van der Waals surface area contributed by atoms with Crippen molar-refractivity contribution in [2.24, 2.45) is 0 Å². The van der Waals surface area contributed by atoms with Gasteiger partial charge in [0.25, 0.3) is 0 Å². The highest BCUT2D eigenvalue weighted by Gasteiger charge is 2.40. The fraction of sp³-hybridized carbons (Fsp3) is 0. The van der Waals surface area contributed by atoms with Crippen LogP contribution in [0.15, 0.2) is 91.0 Å². The third kappa shape index (κ3) is 3.02. The van der Waals surface area contributed by atoms with Gasteiger partial charge in [0.1, 0.15) is 5.75 Å². The molecule has 0 saturated carbocycles. The van der Waals surface area contributed by atoms with Gasteiger partial charge in [0, 0.05) is 0 Å². The Bertz CT molecular complexity index is 647. The summed E-state index contributed by atoms with van der Waals surface area (Å²) in [5.41, 5.74) is 0. The zero-order valence-electron chi connectivity index (χ0n) is 11.4. The molecule has 3 aromatic rings. The standard InChI is InChI=1S/C18H15ClOSi/c19-21(17-12-6-2-7-13-17,18-14-8-3-9-15-18)20-16-10-4-1-5-11-16/h1-15H. The summed E-state index contributed by atoms with van der Waals surface area (Å²) in [6.45, 7) is 0. The minimum Gasteiger partial charge on any atom is -0.523 e. The molecule has 0 unspecified atom stereocenters. The van der Waals surface area contributed by atoms with Gasteiger partial charge in [0.2, 0.25) is 0 Å². The lowest BCUT2D eigenvalue weighted by Crippen LogP contribution is -2.58. The second-order valence-electron chi connectivity index (χ2n) is 4.74. The Labute approximate surface area is 130 Å². The van der Waals surface area contributed by atoms with E-state index >= 15 is 0 Å². The van der Waals surface area contributed by atoms with Crippen LogP contribution in [0, 0.1) is 0 Å². The van der Waals surface area contributed by atoms with Crippen molar-refractivity contribution in [3.63, 3.8) is 0 Å². The van der Waals surface area contributed by atoms with Crippen LogP contribution in [0.1, 0.15) is 0 Å². The van der Waals surface area contributed by atoms with Crippen molar-refractivity contribution >= 4 is 29.1 Å². The van der Waals surface area contributed by atoms with Crippen molar-refractivity contribution in [3.05, 3.63) is 91.0 Å². The van der Waals surface area contributed by atoms with Crippen LogP contribution in [0.3, 0.4) is 0 Å². The Balaban J connectivity index is 2.07. The largest absolute Gasteiger partial charge is 0.523 e. The van der Waals surface area contributed by atoms with Crippen molar-refractivity contribution in [1.29, 1.82) is 0 Å². The summed E-state index contributed by atoms with van der Waals surface area (Å²) in [4.78, 5) is 0. The van der Waals surface area contributed by atoms with Gasteiger partial charge in [-0.15, -0.1) is 11.1 Å². The maximum absolute atomic E-state index is 7.04. The van der Waals surface area contributed by atoms with Crippen LogP contribution in [0.4, 0.5) is 0 Å². The first-order chi connectivity index (χ1) is 10.3. The summed E-state index contributed by atoms with van der Waals surface area (Å²) < 4.78 is 6.28. The second-order valence-corrected chi connectivity index (χ2v) is 8.89. The summed E-state index contributed by atoms with van der Waals surface area (Å²) in [6.07, 6.45) is 0. The molecule has 0 heterocycles. The van der Waals surface area contributed by atoms with Crippen LogP contribution in [0.5, 0.6) is 5.75 Å². The van der Waals surface area contributed by atoms with Crippen molar-refractivity contribution < 1.29 is 4.43 Å². The molecule has 0 aliphatic carbocycles. The molecule has 0 saturated heterocycles. The number of hydrogen-bond acceptors (Lipinski definition) is 1. The van der Waals surface area contributed by atoms with Crippen LogP contribution < -0.4 is 14.8 Å². The van der Waals surface area contributed by atoms with E-state index in [9.17, 15) is 0 Å². The molecule has 0 amide bonds. The number of hydrogen-bond donors (Lipinski definition) is 0. The van der Waals surface area contributed by atoms with Crippen molar-refractivity contribution in [2.75, 3.05) is 0 Å². The summed E-state index contributed by atoms with van der Waals surface area (Å²) in [5, 5.41) is 2.09. The first-order valence-electron chi connectivity index (χ1n) is 6.83. The maximum atomic E-state index is 7.04. The van der Waals surface area contributed by atoms with E-state index in [2.05, 4.69) is 0 Å². The average molecular weight is 311 g/mol. The summed E-state index contributed by atoms with van der Waals surface area (Å²) in [6, 6.07) is 29.9. The predicted octanol–water partition coefficient (Wildman–Crippen LogP) is 3.56. The third-order valence-corrected chi connectivity index (χ3v) is 7.50. The molecular formula is C18H15ClOSi. The first kappa shape index (κ1) is 13.9. The Morgan fingerprint density at radius 3 is 1.38 bits per heavy atom. The van der Waals surface area contributed by atoms with Gasteiger partial charge < -0.3 is 4.43 Å². The summed E-state index contributed by atoms with van der Waals surface area (Å²) >= 11 is 7.04. The van der Waals surface area contributed by atoms with E-state index in [0.29, 0.717) is 0 Å². The quantitative estimate of drug-likeness (QED) is 0.529. The average Bonchev–Trinajstić information content (AvgIpc) is 2.57. The molecule has 21 heavy (non-hydrogen) atoms. The van der Waals surface area contributed by atoms with Crippen LogP contribution in [0.2, 0.25) is 0 Å². The van der Waals surface area contributed by atoms with Gasteiger partial charge in [-0.2, -0.15) is 0 Å². The molecule has 3 heteroatoms. The van der Waals surface area contributed by atoms with Crippen LogP contribution in [-0.2, 0) is 0 Å². The fourth-order valence-electron chi connectivity index (χ4n) is 2.24. The van der Waals surface area contributed by atoms with E-state index in [1.807, 2.05) is 91.0 Å². The topological polar surface area (TPSA) is 9.23 Å². The Kier molecular flexibility index (Phi) is 4.09. The molecule has 0 spiro atoms. The smallest absolute Gasteiger partial charge is 0.414 e. The van der Waals surface area contributed by atoms with E-state index in [1.54, 1.807) is 0 Å². The van der Waals surface area contributed by atoms with Gasteiger partial charge in [-0.1, -0.05) is 78.9 Å². The zero-order chi connectivity index (χ0) is 14.5. The van der Waals surface area contributed by atoms with Crippen molar-refractivity contribution in [1.82, 2.24) is 0 Å². The van der Waals surface area contributed by atoms with Crippen molar-refractivity contribution in [3.8, 4) is 5.75 Å². The zero-order valence-corrected chi connectivity index (χ0v) is 13.2. The molecule has 3 aromatic carbocycles. The maximum Gasteiger partial charge on any atom is 0.414 e. The van der Waals surface area contributed by atoms with Gasteiger partial charge in [0.05, 0.1) is 0 Å². The molecule has 1 nitrogen and oxygen atoms in total. The normalized spacial score (nSPS) is 11.1. The van der Waals surface area contributed by atoms with E-state index in [0.717, 1.165) is 16.1 Å². The number of halogens is 1. The number of rotatable bonds is 4. The molecule has 0 aliphatic rings. The first-order valence-corrected chi connectivity index (χ1v) is 9.75. The molecule has 0 fully saturated rings. The van der Waals surface area contributed by atoms with Gasteiger partial charge in [0.15, 0.2) is 0 Å². The lowest BCUT2D eigenvalue weighted by Gasteiger charge is -2.26. The molecule has 0 N–H and O–H groups in total. The highest BCUT2D eigenvalue weighted by atomic mass is 35.6. The molecule has 0 bridgehead atoms. The minimum atomic E-state index is -2.77. The highest BCUT2D eigenvalue weighted by Crippen LogP contribution is 2.18. The molecule has 0 aromatic heterocycles. The van der Waals surface area contributed by atoms with Gasteiger partial charge in [-0.3, -0.25) is 0 Å². The van der Waals surface area contributed by atoms with Crippen LogP contribution >= 0.6 is 11.1 Å². The lowest BCUT2D eigenvalue weighted by atomic mass is 10.3. The Morgan fingerprint density at radius 2 is 0.952 bits per heavy atom. The van der Waals surface area contributed by atoms with E-state index in [1.165, 1.54) is 0 Å². The monoisotopic (exact) mass is 310 g/mol. The molecule has 0 aliphatic heterocycles. The SMILES string of the molecule is Cl[Si](Oc1ccccc1)(c1ccccc1)c1ccccc1. The summed E-state index contributed by atoms with van der Waals surface area (Å²) in [7, 11) is -2.77. The van der Waals surface area contributed by atoms with E-state index in [4.69, 9.17) is 15.5 Å². The fourth-order valence-corrected chi connectivity index (χ4v) is 5.54. The van der Waals surface area contributed by atoms with Crippen LogP contribution in [0.25, 0.3) is 0 Å². The van der Waals surface area contributed by atoms with Crippen molar-refractivity contribution in [2.45, 2.75) is 0 Å². The Hall–Kier alpha value is -2.03.